The van der Waals surface area contributed by atoms with E-state index in [0.29, 0.717) is 32.5 Å². The number of ether oxygens (including phenoxy) is 1. The number of primary sulfonamides is 1. The number of H-pyrrole nitrogens is 1. The fourth-order valence-corrected chi connectivity index (χ4v) is 5.29. The second kappa shape index (κ2) is 7.15. The molecule has 0 saturated carbocycles. The van der Waals surface area contributed by atoms with E-state index in [4.69, 9.17) is 9.88 Å². The second-order valence-corrected chi connectivity index (χ2v) is 9.66. The van der Waals surface area contributed by atoms with Crippen LogP contribution in [0.15, 0.2) is 47.4 Å². The summed E-state index contributed by atoms with van der Waals surface area (Å²) in [5.41, 5.74) is 2.59. The summed E-state index contributed by atoms with van der Waals surface area (Å²) in [5, 5.41) is 6.32. The predicted octanol–water partition coefficient (Wildman–Crippen LogP) is 2.66. The van der Waals surface area contributed by atoms with Gasteiger partial charge in [0.1, 0.15) is 11.4 Å². The largest absolute Gasteiger partial charge is 0.368 e. The maximum absolute atomic E-state index is 14.3. The molecule has 1 spiro atoms. The number of aromatic amines is 1. The third kappa shape index (κ3) is 3.33. The highest BCUT2D eigenvalue weighted by Crippen LogP contribution is 2.43. The maximum Gasteiger partial charge on any atom is 0.256 e. The minimum absolute atomic E-state index is 0.288. The van der Waals surface area contributed by atoms with E-state index in [0.717, 1.165) is 35.8 Å². The van der Waals surface area contributed by atoms with Gasteiger partial charge in [-0.05, 0) is 49.1 Å². The number of hydrogen-bond acceptors (Lipinski definition) is 4. The Bertz CT molecular complexity index is 1290. The van der Waals surface area contributed by atoms with Crippen LogP contribution >= 0.6 is 0 Å². The summed E-state index contributed by atoms with van der Waals surface area (Å²) in [4.78, 5) is 17.7. The number of carbonyl (C=O) groups is 1. The lowest BCUT2D eigenvalue weighted by atomic mass is 9.83. The van der Waals surface area contributed by atoms with Crippen LogP contribution in [0.1, 0.15) is 34.5 Å². The van der Waals surface area contributed by atoms with Crippen LogP contribution in [0.25, 0.3) is 10.9 Å². The highest BCUT2D eigenvalue weighted by atomic mass is 32.2. The number of piperidine rings is 1. The zero-order valence-electron chi connectivity index (χ0n) is 16.7. The van der Waals surface area contributed by atoms with E-state index in [1.807, 2.05) is 18.2 Å². The molecular formula is C22H22FN3O4S. The first kappa shape index (κ1) is 20.2. The Hall–Kier alpha value is -2.75. The standard InChI is InChI=1S/C22H22FN3O4S/c23-18-6-5-14(31(24,28)29)13-17(18)21(27)26-10-8-22(9-11-26)20-16(7-12-30-22)15-3-1-2-4-19(15)25-20/h1-6,13,25H,7-12H2,(H2,24,28,29). The zero-order valence-corrected chi connectivity index (χ0v) is 17.5. The summed E-state index contributed by atoms with van der Waals surface area (Å²) >= 11 is 0. The Labute approximate surface area is 179 Å². The molecule has 0 aliphatic carbocycles. The number of halogens is 1. The Morgan fingerprint density at radius 2 is 1.90 bits per heavy atom. The van der Waals surface area contributed by atoms with Gasteiger partial charge in [0, 0.05) is 24.0 Å². The number of carbonyl (C=O) groups excluding carboxylic acids is 1. The molecule has 31 heavy (non-hydrogen) atoms. The van der Waals surface area contributed by atoms with E-state index in [9.17, 15) is 17.6 Å². The number of nitrogens with one attached hydrogen (secondary N) is 1. The first-order valence-corrected chi connectivity index (χ1v) is 11.7. The molecule has 7 nitrogen and oxygen atoms in total. The Morgan fingerprint density at radius 1 is 1.16 bits per heavy atom. The first-order chi connectivity index (χ1) is 14.8. The number of hydrogen-bond donors (Lipinski definition) is 2. The Kier molecular flexibility index (Phi) is 4.65. The molecule has 0 radical (unpaired) electrons. The number of rotatable bonds is 2. The lowest BCUT2D eigenvalue weighted by Gasteiger charge is -2.43. The Balaban J connectivity index is 1.41. The Morgan fingerprint density at radius 3 is 2.65 bits per heavy atom. The fourth-order valence-electron chi connectivity index (χ4n) is 4.75. The average molecular weight is 444 g/mol. The van der Waals surface area contributed by atoms with Crippen molar-refractivity contribution in [2.45, 2.75) is 29.8 Å². The number of aromatic nitrogens is 1. The third-order valence-electron chi connectivity index (χ3n) is 6.35. The SMILES string of the molecule is NS(=O)(=O)c1ccc(F)c(C(=O)N2CCC3(CC2)OCCc2c3[nH]c3ccccc23)c1. The molecule has 1 saturated heterocycles. The van der Waals surface area contributed by atoms with Gasteiger partial charge < -0.3 is 14.6 Å². The van der Waals surface area contributed by atoms with Gasteiger partial charge in [-0.25, -0.2) is 17.9 Å². The third-order valence-corrected chi connectivity index (χ3v) is 7.27. The van der Waals surface area contributed by atoms with Gasteiger partial charge in [-0.3, -0.25) is 4.79 Å². The highest BCUT2D eigenvalue weighted by Gasteiger charge is 2.43. The van der Waals surface area contributed by atoms with Crippen molar-refractivity contribution in [2.75, 3.05) is 19.7 Å². The topological polar surface area (TPSA) is 105 Å². The van der Waals surface area contributed by atoms with Crippen LogP contribution in [0.5, 0.6) is 0 Å². The van der Waals surface area contributed by atoms with Crippen LogP contribution in [0.4, 0.5) is 4.39 Å². The van der Waals surface area contributed by atoms with Crippen molar-refractivity contribution in [3.8, 4) is 0 Å². The summed E-state index contributed by atoms with van der Waals surface area (Å²) in [5.74, 6) is -1.32. The first-order valence-electron chi connectivity index (χ1n) is 10.1. The van der Waals surface area contributed by atoms with E-state index in [-0.39, 0.29) is 10.5 Å². The number of nitrogens with zero attached hydrogens (tertiary/aromatic N) is 1. The van der Waals surface area contributed by atoms with Crippen molar-refractivity contribution in [1.82, 2.24) is 9.88 Å². The van der Waals surface area contributed by atoms with E-state index in [2.05, 4.69) is 11.1 Å². The number of likely N-dealkylation sites (tertiary alicyclic amines) is 1. The number of nitrogens with two attached hydrogens (primary N) is 1. The van der Waals surface area contributed by atoms with Gasteiger partial charge in [0.15, 0.2) is 0 Å². The van der Waals surface area contributed by atoms with E-state index in [1.165, 1.54) is 15.8 Å². The fraction of sp³-hybridized carbons (Fsp3) is 0.318. The number of benzene rings is 2. The normalized spacial score (nSPS) is 18.3. The van der Waals surface area contributed by atoms with Crippen LogP contribution in [-0.4, -0.2) is 43.9 Å². The van der Waals surface area contributed by atoms with Crippen molar-refractivity contribution in [2.24, 2.45) is 5.14 Å². The second-order valence-electron chi connectivity index (χ2n) is 8.10. The zero-order chi connectivity index (χ0) is 21.8. The number of para-hydroxylation sites is 1. The highest BCUT2D eigenvalue weighted by molar-refractivity contribution is 7.89. The molecule has 0 atom stereocenters. The van der Waals surface area contributed by atoms with E-state index in [1.54, 1.807) is 0 Å². The van der Waals surface area contributed by atoms with Crippen molar-refractivity contribution in [3.63, 3.8) is 0 Å². The molecular weight excluding hydrogens is 421 g/mol. The molecule has 5 rings (SSSR count). The molecule has 162 valence electrons. The van der Waals surface area contributed by atoms with Crippen molar-refractivity contribution in [1.29, 1.82) is 0 Å². The predicted molar refractivity (Wildman–Crippen MR) is 113 cm³/mol. The molecule has 2 aliphatic rings. The molecule has 3 aromatic rings. The van der Waals surface area contributed by atoms with Gasteiger partial charge in [0.25, 0.3) is 5.91 Å². The van der Waals surface area contributed by atoms with Gasteiger partial charge in [0.05, 0.1) is 22.8 Å². The minimum Gasteiger partial charge on any atom is -0.368 e. The monoisotopic (exact) mass is 443 g/mol. The van der Waals surface area contributed by atoms with Gasteiger partial charge in [-0.1, -0.05) is 18.2 Å². The molecule has 1 amide bonds. The number of fused-ring (bicyclic) bond motifs is 4. The van der Waals surface area contributed by atoms with Crippen LogP contribution in [-0.2, 0) is 26.8 Å². The number of sulfonamides is 1. The molecule has 9 heteroatoms. The molecule has 0 unspecified atom stereocenters. The maximum atomic E-state index is 14.3. The molecule has 1 aromatic heterocycles. The summed E-state index contributed by atoms with van der Waals surface area (Å²) in [6.07, 6.45) is 1.96. The molecule has 3 N–H and O–H groups in total. The lowest BCUT2D eigenvalue weighted by Crippen LogP contribution is -2.48. The smallest absolute Gasteiger partial charge is 0.256 e. The average Bonchev–Trinajstić information content (AvgIpc) is 3.14. The van der Waals surface area contributed by atoms with Gasteiger partial charge in [-0.15, -0.1) is 0 Å². The van der Waals surface area contributed by atoms with Gasteiger partial charge in [-0.2, -0.15) is 0 Å². The molecule has 2 aromatic carbocycles. The molecule has 2 aliphatic heterocycles. The van der Waals surface area contributed by atoms with Crippen LogP contribution in [0, 0.1) is 5.82 Å². The van der Waals surface area contributed by atoms with Gasteiger partial charge >= 0.3 is 0 Å². The van der Waals surface area contributed by atoms with Crippen molar-refractivity contribution in [3.05, 3.63) is 65.1 Å². The van der Waals surface area contributed by atoms with E-state index < -0.39 is 27.3 Å². The van der Waals surface area contributed by atoms with Crippen LogP contribution in [0.2, 0.25) is 0 Å². The van der Waals surface area contributed by atoms with Crippen LogP contribution < -0.4 is 5.14 Å². The quantitative estimate of drug-likeness (QED) is 0.635. The van der Waals surface area contributed by atoms with Gasteiger partial charge in [0.2, 0.25) is 10.0 Å². The van der Waals surface area contributed by atoms with Crippen molar-refractivity contribution < 1.29 is 22.3 Å². The van der Waals surface area contributed by atoms with Crippen molar-refractivity contribution >= 4 is 26.8 Å². The molecule has 3 heterocycles. The molecule has 1 fully saturated rings. The summed E-state index contributed by atoms with van der Waals surface area (Å²) in [6, 6.07) is 11.2. The molecule has 0 bridgehead atoms. The summed E-state index contributed by atoms with van der Waals surface area (Å²) < 4.78 is 43.8. The minimum atomic E-state index is -4.04. The summed E-state index contributed by atoms with van der Waals surface area (Å²) in [6.45, 7) is 1.34. The summed E-state index contributed by atoms with van der Waals surface area (Å²) in [7, 11) is -4.04. The van der Waals surface area contributed by atoms with Crippen LogP contribution in [0.3, 0.4) is 0 Å². The van der Waals surface area contributed by atoms with E-state index >= 15 is 0 Å². The lowest BCUT2D eigenvalue weighted by molar-refractivity contribution is -0.0957. The number of amides is 1.